The van der Waals surface area contributed by atoms with Gasteiger partial charge in [0.1, 0.15) is 5.75 Å². The van der Waals surface area contributed by atoms with Crippen LogP contribution in [0.5, 0.6) is 5.75 Å². The summed E-state index contributed by atoms with van der Waals surface area (Å²) >= 11 is 0. The molecular formula is C14H18F3NO3. The van der Waals surface area contributed by atoms with Gasteiger partial charge in [0.05, 0.1) is 19.8 Å². The fourth-order valence-electron chi connectivity index (χ4n) is 2.26. The Morgan fingerprint density at radius 2 is 2.24 bits per heavy atom. The molecule has 0 aromatic heterocycles. The Labute approximate surface area is 121 Å². The lowest BCUT2D eigenvalue weighted by Gasteiger charge is -2.34. The van der Waals surface area contributed by atoms with Crippen LogP contribution in [-0.2, 0) is 4.74 Å². The minimum atomic E-state index is -4.59. The Morgan fingerprint density at radius 1 is 1.48 bits per heavy atom. The molecule has 1 aliphatic rings. The van der Waals surface area contributed by atoms with Crippen molar-refractivity contribution in [3.63, 3.8) is 0 Å². The third kappa shape index (κ3) is 4.33. The van der Waals surface area contributed by atoms with Crippen molar-refractivity contribution < 1.29 is 27.8 Å². The first kappa shape index (κ1) is 16.1. The van der Waals surface area contributed by atoms with Gasteiger partial charge < -0.3 is 14.6 Å². The molecule has 0 bridgehead atoms. The monoisotopic (exact) mass is 305 g/mol. The van der Waals surface area contributed by atoms with E-state index in [2.05, 4.69) is 0 Å². The lowest BCUT2D eigenvalue weighted by molar-refractivity contribution is -0.211. The van der Waals surface area contributed by atoms with Crippen molar-refractivity contribution in [3.8, 4) is 5.75 Å². The molecule has 118 valence electrons. The van der Waals surface area contributed by atoms with Crippen LogP contribution in [0.1, 0.15) is 11.7 Å². The number of alkyl halides is 3. The summed E-state index contributed by atoms with van der Waals surface area (Å²) in [5.41, 5.74) is 0.848. The van der Waals surface area contributed by atoms with Crippen LogP contribution in [0, 0.1) is 0 Å². The summed E-state index contributed by atoms with van der Waals surface area (Å²) in [5, 5.41) is 9.15. The summed E-state index contributed by atoms with van der Waals surface area (Å²) in [7, 11) is 1.55. The summed E-state index contributed by atoms with van der Waals surface area (Å²) < 4.78 is 47.9. The highest BCUT2D eigenvalue weighted by atomic mass is 19.4. The van der Waals surface area contributed by atoms with Crippen molar-refractivity contribution in [3.05, 3.63) is 29.8 Å². The maximum Gasteiger partial charge on any atom is 0.415 e. The number of halogens is 3. The zero-order valence-corrected chi connectivity index (χ0v) is 11.6. The molecule has 2 rings (SSSR count). The molecule has 1 aliphatic heterocycles. The average molecular weight is 305 g/mol. The van der Waals surface area contributed by atoms with E-state index in [1.165, 1.54) is 0 Å². The lowest BCUT2D eigenvalue weighted by atomic mass is 10.1. The number of methoxy groups -OCH3 is 1. The normalized spacial score (nSPS) is 22.0. The lowest BCUT2D eigenvalue weighted by Crippen LogP contribution is -2.46. The van der Waals surface area contributed by atoms with Crippen LogP contribution in [0.25, 0.3) is 0 Å². The standard InChI is InChI=1S/C14H18F3NO3/c1-20-11-4-2-3-10(7-11)12-8-18(5-6-21-12)9-13(19)14(15,16)17/h2-4,7,12-13,19H,5-6,8-9H2,1H3. The molecule has 0 spiro atoms. The second-order valence-corrected chi connectivity index (χ2v) is 4.95. The molecule has 2 unspecified atom stereocenters. The van der Waals surface area contributed by atoms with E-state index in [4.69, 9.17) is 14.6 Å². The number of ether oxygens (including phenoxy) is 2. The van der Waals surface area contributed by atoms with Crippen LogP contribution in [0.15, 0.2) is 24.3 Å². The number of hydrogen-bond donors (Lipinski definition) is 1. The van der Waals surface area contributed by atoms with Gasteiger partial charge >= 0.3 is 6.18 Å². The molecule has 1 aromatic rings. The molecule has 1 aromatic carbocycles. The minimum Gasteiger partial charge on any atom is -0.497 e. The second kappa shape index (κ2) is 6.64. The quantitative estimate of drug-likeness (QED) is 0.924. The molecule has 0 amide bonds. The first-order valence-electron chi connectivity index (χ1n) is 6.63. The molecule has 0 saturated carbocycles. The van der Waals surface area contributed by atoms with Crippen LogP contribution in [0.4, 0.5) is 13.2 Å². The van der Waals surface area contributed by atoms with Crippen molar-refractivity contribution in [2.75, 3.05) is 33.4 Å². The molecule has 0 aliphatic carbocycles. The molecule has 1 fully saturated rings. The van der Waals surface area contributed by atoms with E-state index in [9.17, 15) is 13.2 Å². The van der Waals surface area contributed by atoms with Gasteiger partial charge in [0.15, 0.2) is 6.10 Å². The van der Waals surface area contributed by atoms with Gasteiger partial charge in [0.25, 0.3) is 0 Å². The molecule has 1 heterocycles. The van der Waals surface area contributed by atoms with Gasteiger partial charge in [0.2, 0.25) is 0 Å². The van der Waals surface area contributed by atoms with Crippen molar-refractivity contribution in [1.29, 1.82) is 0 Å². The van der Waals surface area contributed by atoms with Gasteiger partial charge in [-0.25, -0.2) is 0 Å². The first-order valence-corrected chi connectivity index (χ1v) is 6.63. The number of aliphatic hydroxyl groups excluding tert-OH is 1. The highest BCUT2D eigenvalue weighted by molar-refractivity contribution is 5.30. The zero-order valence-electron chi connectivity index (χ0n) is 11.6. The van der Waals surface area contributed by atoms with Gasteiger partial charge in [-0.1, -0.05) is 12.1 Å². The summed E-state index contributed by atoms with van der Waals surface area (Å²) in [6.45, 7) is 0.563. The predicted molar refractivity (Wildman–Crippen MR) is 70.2 cm³/mol. The topological polar surface area (TPSA) is 41.9 Å². The number of nitrogens with zero attached hydrogens (tertiary/aromatic N) is 1. The van der Waals surface area contributed by atoms with Crippen molar-refractivity contribution in [2.45, 2.75) is 18.4 Å². The molecule has 0 radical (unpaired) electrons. The number of morpholine rings is 1. The van der Waals surface area contributed by atoms with Crippen molar-refractivity contribution in [1.82, 2.24) is 4.90 Å². The van der Waals surface area contributed by atoms with E-state index in [0.29, 0.717) is 25.4 Å². The van der Waals surface area contributed by atoms with E-state index in [-0.39, 0.29) is 6.10 Å². The highest BCUT2D eigenvalue weighted by Gasteiger charge is 2.39. The van der Waals surface area contributed by atoms with E-state index in [1.807, 2.05) is 6.07 Å². The van der Waals surface area contributed by atoms with Gasteiger partial charge in [-0.15, -0.1) is 0 Å². The Balaban J connectivity index is 2.00. The summed E-state index contributed by atoms with van der Waals surface area (Å²) in [4.78, 5) is 1.56. The molecule has 7 heteroatoms. The average Bonchev–Trinajstić information content (AvgIpc) is 2.46. The van der Waals surface area contributed by atoms with Crippen LogP contribution in [-0.4, -0.2) is 55.6 Å². The maximum absolute atomic E-state index is 12.4. The third-order valence-corrected chi connectivity index (χ3v) is 3.43. The van der Waals surface area contributed by atoms with Crippen molar-refractivity contribution in [2.24, 2.45) is 0 Å². The second-order valence-electron chi connectivity index (χ2n) is 4.95. The van der Waals surface area contributed by atoms with Gasteiger partial charge in [-0.3, -0.25) is 4.90 Å². The number of aliphatic hydroxyl groups is 1. The SMILES string of the molecule is COc1cccc(C2CN(CC(O)C(F)(F)F)CCO2)c1. The maximum atomic E-state index is 12.4. The minimum absolute atomic E-state index is 0.306. The number of β-amino-alcohol motifs (C(OH)–C–C–N with tert-alkyl or cyclic N) is 1. The largest absolute Gasteiger partial charge is 0.497 e. The van der Waals surface area contributed by atoms with E-state index < -0.39 is 18.8 Å². The first-order chi connectivity index (χ1) is 9.90. The molecule has 4 nitrogen and oxygen atoms in total. The summed E-state index contributed by atoms with van der Waals surface area (Å²) in [5.74, 6) is 0.670. The van der Waals surface area contributed by atoms with E-state index >= 15 is 0 Å². The Kier molecular flexibility index (Phi) is 5.08. The smallest absolute Gasteiger partial charge is 0.415 e. The van der Waals surface area contributed by atoms with E-state index in [0.717, 1.165) is 5.56 Å². The predicted octanol–water partition coefficient (Wildman–Crippen LogP) is 1.99. The molecule has 21 heavy (non-hydrogen) atoms. The van der Waals surface area contributed by atoms with Crippen LogP contribution in [0.2, 0.25) is 0 Å². The third-order valence-electron chi connectivity index (χ3n) is 3.43. The number of rotatable bonds is 4. The molecule has 2 atom stereocenters. The van der Waals surface area contributed by atoms with E-state index in [1.54, 1.807) is 30.2 Å². The molecular weight excluding hydrogens is 287 g/mol. The number of hydrogen-bond acceptors (Lipinski definition) is 4. The fourth-order valence-corrected chi connectivity index (χ4v) is 2.26. The summed E-state index contributed by atoms with van der Waals surface area (Å²) in [6, 6.07) is 7.24. The molecule has 1 N–H and O–H groups in total. The molecule has 1 saturated heterocycles. The van der Waals surface area contributed by atoms with Gasteiger partial charge in [0, 0.05) is 19.6 Å². The van der Waals surface area contributed by atoms with Crippen LogP contribution in [0.3, 0.4) is 0 Å². The fraction of sp³-hybridized carbons (Fsp3) is 0.571. The Hall–Kier alpha value is -1.31. The van der Waals surface area contributed by atoms with Crippen molar-refractivity contribution >= 4 is 0 Å². The highest BCUT2D eigenvalue weighted by Crippen LogP contribution is 2.27. The summed E-state index contributed by atoms with van der Waals surface area (Å²) in [6.07, 6.45) is -7.25. The van der Waals surface area contributed by atoms with Gasteiger partial charge in [-0.05, 0) is 17.7 Å². The Bertz CT molecular complexity index is 467. The van der Waals surface area contributed by atoms with Crippen LogP contribution >= 0.6 is 0 Å². The van der Waals surface area contributed by atoms with Gasteiger partial charge in [-0.2, -0.15) is 13.2 Å². The zero-order chi connectivity index (χ0) is 15.5. The van der Waals surface area contributed by atoms with Crippen LogP contribution < -0.4 is 4.74 Å². The Morgan fingerprint density at radius 3 is 2.90 bits per heavy atom. The number of benzene rings is 1.